The van der Waals surface area contributed by atoms with Crippen LogP contribution in [-0.2, 0) is 0 Å². The number of halogens is 1. The standard InChI is InChI=1S/C8H10ClN3O/c9-12-5-4-11-8(13)7-2-1-3-10-6-7/h1-3,6,12H,4-5H2,(H,11,13). The van der Waals surface area contributed by atoms with Crippen molar-refractivity contribution in [3.63, 3.8) is 0 Å². The first-order valence-corrected chi connectivity index (χ1v) is 4.24. The summed E-state index contributed by atoms with van der Waals surface area (Å²) < 4.78 is 0. The Kier molecular flexibility index (Phi) is 4.21. The zero-order valence-corrected chi connectivity index (χ0v) is 7.71. The molecule has 0 saturated heterocycles. The third kappa shape index (κ3) is 3.40. The normalized spacial score (nSPS) is 9.62. The number of amides is 1. The van der Waals surface area contributed by atoms with Crippen molar-refractivity contribution in [1.29, 1.82) is 0 Å². The van der Waals surface area contributed by atoms with E-state index in [1.54, 1.807) is 18.3 Å². The molecule has 2 N–H and O–H groups in total. The van der Waals surface area contributed by atoms with E-state index >= 15 is 0 Å². The molecule has 0 radical (unpaired) electrons. The molecule has 1 amide bonds. The quantitative estimate of drug-likeness (QED) is 0.550. The molecule has 0 aromatic carbocycles. The number of aromatic nitrogens is 1. The average Bonchev–Trinajstić information content (AvgIpc) is 2.19. The number of rotatable bonds is 4. The lowest BCUT2D eigenvalue weighted by atomic mass is 10.3. The van der Waals surface area contributed by atoms with Gasteiger partial charge < -0.3 is 5.32 Å². The second kappa shape index (κ2) is 5.50. The summed E-state index contributed by atoms with van der Waals surface area (Å²) in [6.45, 7) is 1.03. The summed E-state index contributed by atoms with van der Waals surface area (Å²) in [5.41, 5.74) is 0.553. The molecular weight excluding hydrogens is 190 g/mol. The number of nitrogens with one attached hydrogen (secondary N) is 2. The molecular formula is C8H10ClN3O. The summed E-state index contributed by atoms with van der Waals surface area (Å²) in [7, 11) is 0. The zero-order chi connectivity index (χ0) is 9.52. The van der Waals surface area contributed by atoms with Crippen LogP contribution in [0.25, 0.3) is 0 Å². The van der Waals surface area contributed by atoms with Crippen LogP contribution in [-0.4, -0.2) is 24.0 Å². The second-order valence-electron chi connectivity index (χ2n) is 2.38. The number of carbonyl (C=O) groups is 1. The molecule has 1 rings (SSSR count). The molecule has 13 heavy (non-hydrogen) atoms. The fourth-order valence-corrected chi connectivity index (χ4v) is 0.917. The first-order valence-electron chi connectivity index (χ1n) is 3.86. The summed E-state index contributed by atoms with van der Waals surface area (Å²) in [6.07, 6.45) is 3.14. The van der Waals surface area contributed by atoms with Gasteiger partial charge in [-0.3, -0.25) is 9.78 Å². The molecule has 5 heteroatoms. The van der Waals surface area contributed by atoms with Crippen LogP contribution in [0.3, 0.4) is 0 Å². The van der Waals surface area contributed by atoms with Gasteiger partial charge in [-0.2, -0.15) is 0 Å². The van der Waals surface area contributed by atoms with E-state index < -0.39 is 0 Å². The molecule has 0 saturated carbocycles. The Labute approximate surface area is 81.4 Å². The maximum Gasteiger partial charge on any atom is 0.252 e. The van der Waals surface area contributed by atoms with Crippen molar-refractivity contribution < 1.29 is 4.79 Å². The molecule has 0 aliphatic carbocycles. The Morgan fingerprint density at radius 3 is 3.00 bits per heavy atom. The monoisotopic (exact) mass is 199 g/mol. The van der Waals surface area contributed by atoms with E-state index in [0.29, 0.717) is 18.7 Å². The van der Waals surface area contributed by atoms with Crippen LogP contribution >= 0.6 is 11.8 Å². The molecule has 0 unspecified atom stereocenters. The highest BCUT2D eigenvalue weighted by Gasteiger charge is 2.02. The maximum absolute atomic E-state index is 11.3. The molecule has 0 spiro atoms. The van der Waals surface area contributed by atoms with Gasteiger partial charge in [0.2, 0.25) is 0 Å². The Morgan fingerprint density at radius 2 is 2.38 bits per heavy atom. The molecule has 4 nitrogen and oxygen atoms in total. The van der Waals surface area contributed by atoms with Gasteiger partial charge in [-0.25, -0.2) is 4.84 Å². The van der Waals surface area contributed by atoms with Gasteiger partial charge >= 0.3 is 0 Å². The fourth-order valence-electron chi connectivity index (χ4n) is 0.822. The summed E-state index contributed by atoms with van der Waals surface area (Å²) in [4.78, 5) is 17.5. The van der Waals surface area contributed by atoms with E-state index in [0.717, 1.165) is 0 Å². The smallest absolute Gasteiger partial charge is 0.252 e. The van der Waals surface area contributed by atoms with Crippen molar-refractivity contribution in [2.75, 3.05) is 13.1 Å². The minimum atomic E-state index is -0.139. The molecule has 1 aromatic rings. The number of hydrogen-bond donors (Lipinski definition) is 2. The van der Waals surface area contributed by atoms with Crippen LogP contribution in [0.15, 0.2) is 24.5 Å². The van der Waals surface area contributed by atoms with Crippen LogP contribution in [0.5, 0.6) is 0 Å². The van der Waals surface area contributed by atoms with E-state index in [9.17, 15) is 4.79 Å². The molecule has 0 aliphatic heterocycles. The van der Waals surface area contributed by atoms with Crippen molar-refractivity contribution in [1.82, 2.24) is 15.1 Å². The van der Waals surface area contributed by atoms with E-state index in [2.05, 4.69) is 15.1 Å². The van der Waals surface area contributed by atoms with Crippen LogP contribution in [0, 0.1) is 0 Å². The number of pyridine rings is 1. The van der Waals surface area contributed by atoms with E-state index in [4.69, 9.17) is 11.8 Å². The third-order valence-electron chi connectivity index (χ3n) is 1.43. The van der Waals surface area contributed by atoms with Gasteiger partial charge in [-0.1, -0.05) is 0 Å². The van der Waals surface area contributed by atoms with Gasteiger partial charge in [-0.15, -0.1) is 0 Å². The summed E-state index contributed by atoms with van der Waals surface area (Å²) >= 11 is 5.22. The third-order valence-corrected chi connectivity index (χ3v) is 1.62. The lowest BCUT2D eigenvalue weighted by Gasteiger charge is -2.02. The first-order chi connectivity index (χ1) is 6.34. The first kappa shape index (κ1) is 9.95. The fraction of sp³-hybridized carbons (Fsp3) is 0.250. The Morgan fingerprint density at radius 1 is 1.54 bits per heavy atom. The Hall–Kier alpha value is -1.13. The average molecular weight is 200 g/mol. The van der Waals surface area contributed by atoms with Crippen molar-refractivity contribution >= 4 is 17.7 Å². The number of carbonyl (C=O) groups excluding carboxylic acids is 1. The Bertz CT molecular complexity index is 265. The molecule has 0 fully saturated rings. The number of hydrogen-bond acceptors (Lipinski definition) is 3. The molecule has 1 aromatic heterocycles. The van der Waals surface area contributed by atoms with Crippen LogP contribution in [0.1, 0.15) is 10.4 Å². The minimum absolute atomic E-state index is 0.139. The zero-order valence-electron chi connectivity index (χ0n) is 6.96. The highest BCUT2D eigenvalue weighted by atomic mass is 35.5. The van der Waals surface area contributed by atoms with E-state index in [-0.39, 0.29) is 5.91 Å². The molecule has 1 heterocycles. The maximum atomic E-state index is 11.3. The summed E-state index contributed by atoms with van der Waals surface area (Å²) in [5, 5.41) is 2.67. The van der Waals surface area contributed by atoms with Crippen molar-refractivity contribution in [3.8, 4) is 0 Å². The predicted molar refractivity (Wildman–Crippen MR) is 50.4 cm³/mol. The van der Waals surface area contributed by atoms with Crippen LogP contribution < -0.4 is 10.2 Å². The lowest BCUT2D eigenvalue weighted by molar-refractivity contribution is 0.0954. The van der Waals surface area contributed by atoms with E-state index in [1.807, 2.05) is 0 Å². The van der Waals surface area contributed by atoms with Crippen molar-refractivity contribution in [2.45, 2.75) is 0 Å². The van der Waals surface area contributed by atoms with Gasteiger partial charge in [0, 0.05) is 25.5 Å². The van der Waals surface area contributed by atoms with Gasteiger partial charge in [-0.05, 0) is 23.9 Å². The molecule has 0 bridgehead atoms. The largest absolute Gasteiger partial charge is 0.351 e. The molecule has 0 aliphatic rings. The van der Waals surface area contributed by atoms with E-state index in [1.165, 1.54) is 6.20 Å². The molecule has 0 atom stereocenters. The second-order valence-corrected chi connectivity index (χ2v) is 2.65. The highest BCUT2D eigenvalue weighted by Crippen LogP contribution is 1.93. The van der Waals surface area contributed by atoms with Gasteiger partial charge in [0.25, 0.3) is 5.91 Å². The van der Waals surface area contributed by atoms with Crippen LogP contribution in [0.4, 0.5) is 0 Å². The van der Waals surface area contributed by atoms with Gasteiger partial charge in [0.15, 0.2) is 0 Å². The van der Waals surface area contributed by atoms with Crippen LogP contribution in [0.2, 0.25) is 0 Å². The summed E-state index contributed by atoms with van der Waals surface area (Å²) in [5.74, 6) is -0.139. The topological polar surface area (TPSA) is 54.0 Å². The van der Waals surface area contributed by atoms with Gasteiger partial charge in [0.05, 0.1) is 5.56 Å². The number of nitrogens with zero attached hydrogens (tertiary/aromatic N) is 1. The predicted octanol–water partition coefficient (Wildman–Crippen LogP) is 0.555. The lowest BCUT2D eigenvalue weighted by Crippen LogP contribution is -2.29. The van der Waals surface area contributed by atoms with Crippen molar-refractivity contribution in [2.24, 2.45) is 0 Å². The SMILES string of the molecule is O=C(NCCNCl)c1cccnc1. The summed E-state index contributed by atoms with van der Waals surface area (Å²) in [6, 6.07) is 3.42. The molecule has 70 valence electrons. The van der Waals surface area contributed by atoms with Gasteiger partial charge in [0.1, 0.15) is 0 Å². The Balaban J connectivity index is 2.40. The minimum Gasteiger partial charge on any atom is -0.351 e. The highest BCUT2D eigenvalue weighted by molar-refractivity contribution is 6.13. The van der Waals surface area contributed by atoms with Crippen molar-refractivity contribution in [3.05, 3.63) is 30.1 Å².